The Kier molecular flexibility index (Phi) is 6.34. The molecule has 0 radical (unpaired) electrons. The first-order valence-electron chi connectivity index (χ1n) is 7.05. The highest BCUT2D eigenvalue weighted by Gasteiger charge is 2.05. The normalized spacial score (nSPS) is 10.3. The molecule has 0 fully saturated rings. The van der Waals surface area contributed by atoms with Gasteiger partial charge in [0.05, 0.1) is 7.11 Å². The lowest BCUT2D eigenvalue weighted by atomic mass is 10.1. The number of rotatable bonds is 9. The van der Waals surface area contributed by atoms with E-state index in [-0.39, 0.29) is 11.9 Å². The molecule has 0 aliphatic rings. The van der Waals surface area contributed by atoms with Crippen LogP contribution in [0.25, 0.3) is 0 Å². The van der Waals surface area contributed by atoms with Gasteiger partial charge in [-0.3, -0.25) is 10.0 Å². The summed E-state index contributed by atoms with van der Waals surface area (Å²) < 4.78 is 0. The highest BCUT2D eigenvalue weighted by atomic mass is 16.6. The summed E-state index contributed by atoms with van der Waals surface area (Å²) in [6, 6.07) is 10.4. The number of nitrogens with zero attached hydrogens (tertiary/aromatic N) is 3. The van der Waals surface area contributed by atoms with Crippen molar-refractivity contribution >= 4 is 17.8 Å². The van der Waals surface area contributed by atoms with Crippen molar-refractivity contribution in [2.75, 3.05) is 29.9 Å². The Bertz CT molecular complexity index is 567. The fourth-order valence-electron chi connectivity index (χ4n) is 1.94. The minimum Gasteiger partial charge on any atom is -0.354 e. The van der Waals surface area contributed by atoms with Gasteiger partial charge in [-0.2, -0.15) is 15.0 Å². The molecule has 2 rings (SSSR count). The van der Waals surface area contributed by atoms with E-state index in [4.69, 9.17) is 10.0 Å². The van der Waals surface area contributed by atoms with Gasteiger partial charge in [-0.25, -0.2) is 11.0 Å². The quantitative estimate of drug-likeness (QED) is 0.412. The molecule has 22 heavy (non-hydrogen) atoms. The molecule has 0 saturated carbocycles. The molecule has 0 aliphatic carbocycles. The number of hydrogen-bond acceptors (Lipinski definition) is 8. The van der Waals surface area contributed by atoms with Crippen LogP contribution in [0.5, 0.6) is 0 Å². The van der Waals surface area contributed by atoms with Gasteiger partial charge in [0.2, 0.25) is 5.95 Å². The summed E-state index contributed by atoms with van der Waals surface area (Å²) in [5, 5.41) is 12.0. The van der Waals surface area contributed by atoms with E-state index in [1.807, 2.05) is 23.7 Å². The monoisotopic (exact) mass is 304 g/mol. The van der Waals surface area contributed by atoms with Crippen LogP contribution in [0, 0.1) is 0 Å². The molecular weight excluding hydrogens is 284 g/mol. The van der Waals surface area contributed by atoms with Gasteiger partial charge < -0.3 is 5.32 Å². The van der Waals surface area contributed by atoms with Crippen LogP contribution in [-0.4, -0.2) is 33.8 Å². The molecule has 1 heterocycles. The second kappa shape index (κ2) is 8.75. The van der Waals surface area contributed by atoms with Crippen LogP contribution in [-0.2, 0) is 11.3 Å². The summed E-state index contributed by atoms with van der Waals surface area (Å²) in [7, 11) is 1.45. The molecule has 4 N–H and O–H groups in total. The predicted octanol–water partition coefficient (Wildman–Crippen LogP) is 2.08. The molecule has 0 saturated heterocycles. The van der Waals surface area contributed by atoms with E-state index in [2.05, 4.69) is 37.9 Å². The van der Waals surface area contributed by atoms with Crippen molar-refractivity contribution in [2.24, 2.45) is 0 Å². The topological polar surface area (TPSA) is 104 Å². The molecule has 2 aromatic rings. The van der Waals surface area contributed by atoms with Crippen LogP contribution < -0.4 is 16.3 Å². The fraction of sp³-hybridized carbons (Fsp3) is 0.357. The summed E-state index contributed by atoms with van der Waals surface area (Å²) in [5.41, 5.74) is 5.72. The van der Waals surface area contributed by atoms with Crippen LogP contribution in [0.15, 0.2) is 30.3 Å². The van der Waals surface area contributed by atoms with E-state index in [1.165, 1.54) is 12.7 Å². The van der Waals surface area contributed by atoms with Crippen molar-refractivity contribution in [2.45, 2.75) is 19.3 Å². The lowest BCUT2D eigenvalue weighted by molar-refractivity contribution is 0.267. The third kappa shape index (κ3) is 5.15. The van der Waals surface area contributed by atoms with E-state index < -0.39 is 0 Å². The Hall–Kier alpha value is -2.45. The maximum Gasteiger partial charge on any atom is 0.253 e. The van der Waals surface area contributed by atoms with Gasteiger partial charge in [0, 0.05) is 6.54 Å². The van der Waals surface area contributed by atoms with Gasteiger partial charge in [0.15, 0.2) is 0 Å². The summed E-state index contributed by atoms with van der Waals surface area (Å²) >= 11 is 0. The Morgan fingerprint density at radius 3 is 2.45 bits per heavy atom. The average molecular weight is 304 g/mol. The van der Waals surface area contributed by atoms with E-state index in [1.54, 1.807) is 0 Å². The van der Waals surface area contributed by atoms with Crippen molar-refractivity contribution in [3.63, 3.8) is 0 Å². The molecule has 118 valence electrons. The van der Waals surface area contributed by atoms with Crippen molar-refractivity contribution in [3.05, 3.63) is 35.9 Å². The van der Waals surface area contributed by atoms with E-state index in [0.717, 1.165) is 25.8 Å². The summed E-state index contributed by atoms with van der Waals surface area (Å²) in [6.45, 7) is 0.730. The number of aromatic nitrogens is 3. The van der Waals surface area contributed by atoms with Gasteiger partial charge in [-0.1, -0.05) is 30.3 Å². The zero-order valence-corrected chi connectivity index (χ0v) is 12.4. The van der Waals surface area contributed by atoms with Gasteiger partial charge in [0.1, 0.15) is 0 Å². The maximum absolute atomic E-state index is 8.89. The molecule has 0 bridgehead atoms. The molecule has 0 amide bonds. The Labute approximate surface area is 128 Å². The first kappa shape index (κ1) is 15.9. The zero-order valence-electron chi connectivity index (χ0n) is 12.4. The standard InChI is InChI=1S/C14H20N6O2/c1-22-20-14-17-12(16-13(18-14)19-21)15-10-6-5-9-11-7-3-2-4-8-11/h2-4,7-8,21H,5-6,9-10H2,1H3,(H3,15,16,17,18,19,20). The van der Waals surface area contributed by atoms with Gasteiger partial charge >= 0.3 is 0 Å². The Morgan fingerprint density at radius 1 is 1.00 bits per heavy atom. The summed E-state index contributed by atoms with van der Waals surface area (Å²) in [4.78, 5) is 16.7. The molecule has 1 aromatic heterocycles. The fourth-order valence-corrected chi connectivity index (χ4v) is 1.94. The zero-order chi connectivity index (χ0) is 15.6. The molecule has 0 aliphatic heterocycles. The van der Waals surface area contributed by atoms with E-state index in [0.29, 0.717) is 5.95 Å². The number of unbranched alkanes of at least 4 members (excludes halogenated alkanes) is 1. The molecule has 8 heteroatoms. The van der Waals surface area contributed by atoms with Crippen LogP contribution in [0.1, 0.15) is 18.4 Å². The molecular formula is C14H20N6O2. The molecule has 0 unspecified atom stereocenters. The maximum atomic E-state index is 8.89. The van der Waals surface area contributed by atoms with Crippen LogP contribution in [0.2, 0.25) is 0 Å². The largest absolute Gasteiger partial charge is 0.354 e. The minimum atomic E-state index is 0.0429. The Balaban J connectivity index is 1.77. The van der Waals surface area contributed by atoms with Gasteiger partial charge in [-0.05, 0) is 24.8 Å². The van der Waals surface area contributed by atoms with Gasteiger partial charge in [-0.15, -0.1) is 0 Å². The number of benzene rings is 1. The Morgan fingerprint density at radius 2 is 1.73 bits per heavy atom. The molecule has 8 nitrogen and oxygen atoms in total. The van der Waals surface area contributed by atoms with Crippen molar-refractivity contribution < 1.29 is 10.0 Å². The predicted molar refractivity (Wildman–Crippen MR) is 83.7 cm³/mol. The SMILES string of the molecule is CONc1nc(NO)nc(NCCCCc2ccccc2)n1. The lowest BCUT2D eigenvalue weighted by Crippen LogP contribution is -2.11. The second-order valence-electron chi connectivity index (χ2n) is 4.59. The van der Waals surface area contributed by atoms with Crippen molar-refractivity contribution in [1.29, 1.82) is 0 Å². The van der Waals surface area contributed by atoms with Crippen LogP contribution >= 0.6 is 0 Å². The molecule has 1 aromatic carbocycles. The van der Waals surface area contributed by atoms with Crippen LogP contribution in [0.3, 0.4) is 0 Å². The third-order valence-electron chi connectivity index (χ3n) is 2.95. The first-order valence-corrected chi connectivity index (χ1v) is 7.05. The highest BCUT2D eigenvalue weighted by Crippen LogP contribution is 2.09. The second-order valence-corrected chi connectivity index (χ2v) is 4.59. The van der Waals surface area contributed by atoms with E-state index >= 15 is 0 Å². The summed E-state index contributed by atoms with van der Waals surface area (Å²) in [5.74, 6) is 0.619. The van der Waals surface area contributed by atoms with Crippen LogP contribution in [0.4, 0.5) is 17.8 Å². The molecule has 0 atom stereocenters. The van der Waals surface area contributed by atoms with E-state index in [9.17, 15) is 0 Å². The number of aryl methyl sites for hydroxylation is 1. The summed E-state index contributed by atoms with van der Waals surface area (Å²) in [6.07, 6.45) is 3.09. The number of hydrogen-bond donors (Lipinski definition) is 4. The number of nitrogens with one attached hydrogen (secondary N) is 3. The highest BCUT2D eigenvalue weighted by molar-refractivity contribution is 5.39. The number of anilines is 3. The smallest absolute Gasteiger partial charge is 0.253 e. The van der Waals surface area contributed by atoms with Crippen molar-refractivity contribution in [3.8, 4) is 0 Å². The van der Waals surface area contributed by atoms with Crippen molar-refractivity contribution in [1.82, 2.24) is 15.0 Å². The minimum absolute atomic E-state index is 0.0429. The third-order valence-corrected chi connectivity index (χ3v) is 2.95. The first-order chi connectivity index (χ1) is 10.8. The average Bonchev–Trinajstić information content (AvgIpc) is 2.55. The molecule has 0 spiro atoms. The van der Waals surface area contributed by atoms with Gasteiger partial charge in [0.25, 0.3) is 11.9 Å². The lowest BCUT2D eigenvalue weighted by Gasteiger charge is -2.08.